The highest BCUT2D eigenvalue weighted by atomic mass is 32.2. The number of hydrogen-bond donors (Lipinski definition) is 1. The van der Waals surface area contributed by atoms with Crippen molar-refractivity contribution in [2.24, 2.45) is 0 Å². The Morgan fingerprint density at radius 3 is 1.75 bits per heavy atom. The van der Waals surface area contributed by atoms with Crippen LogP contribution in [0.4, 0.5) is 0 Å². The SMILES string of the molecule is CC[C@](C)(N[S@](=O)C(C)(C)C)B1OC(C)(C)C(C)(C)O1. The second kappa shape index (κ2) is 5.38. The first kappa shape index (κ1) is 18.1. The van der Waals surface area contributed by atoms with Crippen LogP contribution in [-0.2, 0) is 20.3 Å². The molecule has 1 fully saturated rings. The molecule has 0 unspecified atom stereocenters. The minimum atomic E-state index is -1.16. The van der Waals surface area contributed by atoms with Gasteiger partial charge in [-0.3, -0.25) is 0 Å². The zero-order chi connectivity index (χ0) is 16.0. The molecule has 1 aliphatic rings. The van der Waals surface area contributed by atoms with E-state index in [9.17, 15) is 4.21 Å². The van der Waals surface area contributed by atoms with Crippen LogP contribution in [0.5, 0.6) is 0 Å². The summed E-state index contributed by atoms with van der Waals surface area (Å²) in [4.78, 5) is 0. The van der Waals surface area contributed by atoms with Crippen molar-refractivity contribution in [2.75, 3.05) is 0 Å². The van der Waals surface area contributed by atoms with Crippen LogP contribution in [0.1, 0.15) is 68.7 Å². The predicted molar refractivity (Wildman–Crippen MR) is 85.8 cm³/mol. The molecule has 0 spiro atoms. The van der Waals surface area contributed by atoms with Crippen molar-refractivity contribution in [3.05, 3.63) is 0 Å². The molecule has 1 heterocycles. The highest BCUT2D eigenvalue weighted by molar-refractivity contribution is 7.84. The molecule has 20 heavy (non-hydrogen) atoms. The molecule has 6 heteroatoms. The first-order chi connectivity index (χ1) is 8.75. The Hall–Kier alpha value is 0.0949. The predicted octanol–water partition coefficient (Wildman–Crippen LogP) is 2.84. The maximum atomic E-state index is 12.4. The standard InChI is InChI=1S/C14H30BNO3S/c1-10-14(9,16-20(17)11(2,3)4)15-18-12(5,6)13(7,8)19-15/h16H,10H2,1-9H3/t14-,20+/m0/s1. The number of hydrogen-bond acceptors (Lipinski definition) is 3. The van der Waals surface area contributed by atoms with Gasteiger partial charge in [-0.2, -0.15) is 0 Å². The van der Waals surface area contributed by atoms with E-state index in [0.717, 1.165) is 6.42 Å². The lowest BCUT2D eigenvalue weighted by atomic mass is 9.64. The Morgan fingerprint density at radius 1 is 1.05 bits per heavy atom. The van der Waals surface area contributed by atoms with Crippen LogP contribution in [0, 0.1) is 0 Å². The molecule has 1 rings (SSSR count). The van der Waals surface area contributed by atoms with E-state index in [0.29, 0.717) is 0 Å². The van der Waals surface area contributed by atoms with E-state index in [1.807, 2.05) is 55.4 Å². The Bertz CT molecular complexity index is 376. The molecule has 118 valence electrons. The van der Waals surface area contributed by atoms with E-state index < -0.39 is 23.5 Å². The Kier molecular flexibility index (Phi) is 4.88. The fourth-order valence-corrected chi connectivity index (χ4v) is 2.73. The number of rotatable bonds is 4. The van der Waals surface area contributed by atoms with Gasteiger partial charge in [-0.1, -0.05) is 6.92 Å². The third-order valence-electron chi connectivity index (χ3n) is 4.39. The van der Waals surface area contributed by atoms with Crippen LogP contribution in [0.3, 0.4) is 0 Å². The van der Waals surface area contributed by atoms with Crippen molar-refractivity contribution in [3.63, 3.8) is 0 Å². The van der Waals surface area contributed by atoms with Gasteiger partial charge in [0.15, 0.2) is 0 Å². The van der Waals surface area contributed by atoms with Crippen LogP contribution in [0.2, 0.25) is 0 Å². The summed E-state index contributed by atoms with van der Waals surface area (Å²) in [6.07, 6.45) is 0.769. The van der Waals surface area contributed by atoms with E-state index in [2.05, 4.69) is 11.6 Å². The maximum absolute atomic E-state index is 12.4. The molecule has 0 saturated carbocycles. The molecule has 0 radical (unpaired) electrons. The van der Waals surface area contributed by atoms with E-state index in [-0.39, 0.29) is 15.9 Å². The Balaban J connectivity index is 2.94. The fraction of sp³-hybridized carbons (Fsp3) is 1.00. The van der Waals surface area contributed by atoms with Crippen LogP contribution in [0.25, 0.3) is 0 Å². The summed E-state index contributed by atoms with van der Waals surface area (Å²) < 4.78 is 27.5. The van der Waals surface area contributed by atoms with Gasteiger partial charge in [0, 0.05) is 0 Å². The van der Waals surface area contributed by atoms with Crippen LogP contribution < -0.4 is 4.72 Å². The molecule has 0 aromatic carbocycles. The van der Waals surface area contributed by atoms with Gasteiger partial charge in [-0.05, 0) is 61.8 Å². The van der Waals surface area contributed by atoms with E-state index in [1.165, 1.54) is 0 Å². The summed E-state index contributed by atoms with van der Waals surface area (Å²) in [7, 11) is -1.58. The quantitative estimate of drug-likeness (QED) is 0.812. The van der Waals surface area contributed by atoms with Gasteiger partial charge in [0.1, 0.15) is 0 Å². The third kappa shape index (κ3) is 3.46. The highest BCUT2D eigenvalue weighted by Gasteiger charge is 2.58. The van der Waals surface area contributed by atoms with Gasteiger partial charge in [0.2, 0.25) is 0 Å². The summed E-state index contributed by atoms with van der Waals surface area (Å²) in [5.41, 5.74) is -1.23. The van der Waals surface area contributed by atoms with Crippen LogP contribution >= 0.6 is 0 Å². The second-order valence-corrected chi connectivity index (χ2v) is 9.81. The van der Waals surface area contributed by atoms with Crippen molar-refractivity contribution in [3.8, 4) is 0 Å². The van der Waals surface area contributed by atoms with Gasteiger partial charge < -0.3 is 9.31 Å². The lowest BCUT2D eigenvalue weighted by Gasteiger charge is -2.33. The van der Waals surface area contributed by atoms with Crippen molar-refractivity contribution >= 4 is 18.1 Å². The van der Waals surface area contributed by atoms with Gasteiger partial charge in [0.25, 0.3) is 0 Å². The molecule has 0 aromatic heterocycles. The average molecular weight is 303 g/mol. The van der Waals surface area contributed by atoms with Gasteiger partial charge in [-0.15, -0.1) is 0 Å². The molecule has 0 aliphatic carbocycles. The molecular formula is C14H30BNO3S. The zero-order valence-corrected chi connectivity index (χ0v) is 15.2. The molecular weight excluding hydrogens is 273 g/mol. The van der Waals surface area contributed by atoms with Gasteiger partial charge in [0.05, 0.1) is 32.4 Å². The number of nitrogens with one attached hydrogen (secondary N) is 1. The topological polar surface area (TPSA) is 47.6 Å². The molecule has 1 saturated heterocycles. The fourth-order valence-electron chi connectivity index (χ4n) is 1.75. The molecule has 2 atom stereocenters. The van der Waals surface area contributed by atoms with E-state index in [4.69, 9.17) is 9.31 Å². The van der Waals surface area contributed by atoms with Crippen molar-refractivity contribution in [2.45, 2.75) is 90.1 Å². The first-order valence-electron chi connectivity index (χ1n) is 7.30. The second-order valence-electron chi connectivity index (χ2n) is 7.84. The largest absolute Gasteiger partial charge is 0.480 e. The Labute approximate surface area is 127 Å². The molecule has 1 N–H and O–H groups in total. The van der Waals surface area contributed by atoms with Gasteiger partial charge >= 0.3 is 7.12 Å². The molecule has 0 aromatic rings. The van der Waals surface area contributed by atoms with E-state index in [1.54, 1.807) is 0 Å². The maximum Gasteiger partial charge on any atom is 0.480 e. The zero-order valence-electron chi connectivity index (χ0n) is 14.4. The lowest BCUT2D eigenvalue weighted by molar-refractivity contribution is 0.00578. The minimum absolute atomic E-state index is 0.319. The summed E-state index contributed by atoms with van der Waals surface area (Å²) >= 11 is 0. The van der Waals surface area contributed by atoms with E-state index >= 15 is 0 Å². The molecule has 1 aliphatic heterocycles. The smallest absolute Gasteiger partial charge is 0.402 e. The summed E-state index contributed by atoms with van der Waals surface area (Å²) in [6.45, 7) is 18.1. The van der Waals surface area contributed by atoms with Crippen molar-refractivity contribution in [1.29, 1.82) is 0 Å². The lowest BCUT2D eigenvalue weighted by Crippen LogP contribution is -2.58. The normalized spacial score (nSPS) is 26.4. The van der Waals surface area contributed by atoms with Gasteiger partial charge in [-0.25, -0.2) is 8.93 Å². The molecule has 0 bridgehead atoms. The van der Waals surface area contributed by atoms with Crippen molar-refractivity contribution < 1.29 is 13.5 Å². The van der Waals surface area contributed by atoms with Crippen LogP contribution in [-0.4, -0.2) is 32.7 Å². The van der Waals surface area contributed by atoms with Crippen LogP contribution in [0.15, 0.2) is 0 Å². The average Bonchev–Trinajstić information content (AvgIpc) is 2.47. The minimum Gasteiger partial charge on any atom is -0.402 e. The Morgan fingerprint density at radius 2 is 1.45 bits per heavy atom. The molecule has 4 nitrogen and oxygen atoms in total. The molecule has 0 amide bonds. The summed E-state index contributed by atoms with van der Waals surface area (Å²) in [5.74, 6) is 0. The third-order valence-corrected chi connectivity index (χ3v) is 6.15. The van der Waals surface area contributed by atoms with Crippen molar-refractivity contribution in [1.82, 2.24) is 4.72 Å². The summed E-state index contributed by atoms with van der Waals surface area (Å²) in [5, 5.41) is 0. The monoisotopic (exact) mass is 303 g/mol. The summed E-state index contributed by atoms with van der Waals surface area (Å²) in [6, 6.07) is 0. The highest BCUT2D eigenvalue weighted by Crippen LogP contribution is 2.40. The first-order valence-corrected chi connectivity index (χ1v) is 8.45.